The van der Waals surface area contributed by atoms with Crippen LogP contribution in [0.3, 0.4) is 0 Å². The van der Waals surface area contributed by atoms with Gasteiger partial charge in [-0.3, -0.25) is 0 Å². The zero-order chi connectivity index (χ0) is 15.9. The number of aromatic carboxylic acids is 1. The Balaban J connectivity index is 2.44. The molecule has 0 fully saturated rings. The monoisotopic (exact) mass is 337 g/mol. The van der Waals surface area contributed by atoms with Gasteiger partial charge in [0.25, 0.3) is 0 Å². The van der Waals surface area contributed by atoms with Crippen LogP contribution >= 0.6 is 22.9 Å². The molecule has 0 radical (unpaired) electrons. The highest BCUT2D eigenvalue weighted by molar-refractivity contribution is 7.18. The maximum absolute atomic E-state index is 13.4. The first-order valence-corrected chi connectivity index (χ1v) is 7.42. The van der Waals surface area contributed by atoms with Crippen molar-refractivity contribution in [2.24, 2.45) is 0 Å². The van der Waals surface area contributed by atoms with Crippen molar-refractivity contribution < 1.29 is 19.0 Å². The number of carbonyl (C=O) groups is 1. The third-order valence-corrected chi connectivity index (χ3v) is 4.42. The van der Waals surface area contributed by atoms with E-state index in [1.54, 1.807) is 11.4 Å². The van der Waals surface area contributed by atoms with Gasteiger partial charge in [-0.05, 0) is 23.6 Å². The molecule has 3 aromatic rings. The number of halogens is 2. The zero-order valence-electron chi connectivity index (χ0n) is 11.3. The molecule has 1 N–H and O–H groups in total. The molecule has 4 nitrogen and oxygen atoms in total. The van der Waals surface area contributed by atoms with Gasteiger partial charge in [-0.25, -0.2) is 14.2 Å². The predicted octanol–water partition coefficient (Wildman–Crippen LogP) is 4.46. The zero-order valence-corrected chi connectivity index (χ0v) is 12.8. The number of nitrogens with zero attached hydrogens (tertiary/aromatic N) is 1. The first kappa shape index (κ1) is 14.7. The van der Waals surface area contributed by atoms with E-state index in [2.05, 4.69) is 4.98 Å². The molecule has 0 spiro atoms. The van der Waals surface area contributed by atoms with Gasteiger partial charge in [-0.15, -0.1) is 11.3 Å². The highest BCUT2D eigenvalue weighted by atomic mass is 35.5. The van der Waals surface area contributed by atoms with Gasteiger partial charge in [0.05, 0.1) is 7.11 Å². The lowest BCUT2D eigenvalue weighted by Gasteiger charge is -2.12. The number of rotatable bonds is 3. The number of hydrogen-bond donors (Lipinski definition) is 1. The summed E-state index contributed by atoms with van der Waals surface area (Å²) in [6, 6.07) is 5.69. The minimum atomic E-state index is -1.21. The average molecular weight is 338 g/mol. The molecule has 2 heterocycles. The van der Waals surface area contributed by atoms with E-state index < -0.39 is 11.8 Å². The molecule has 2 aromatic heterocycles. The van der Waals surface area contributed by atoms with Gasteiger partial charge in [0.15, 0.2) is 5.69 Å². The minimum Gasteiger partial charge on any atom is -0.496 e. The van der Waals surface area contributed by atoms with Crippen LogP contribution in [0, 0.1) is 5.82 Å². The van der Waals surface area contributed by atoms with Crippen LogP contribution in [0.15, 0.2) is 29.6 Å². The number of aromatic nitrogens is 1. The summed E-state index contributed by atoms with van der Waals surface area (Å²) in [5.74, 6) is -1.44. The van der Waals surface area contributed by atoms with Crippen LogP contribution in [0.25, 0.3) is 21.2 Å². The normalized spacial score (nSPS) is 10.9. The molecule has 0 bridgehead atoms. The summed E-state index contributed by atoms with van der Waals surface area (Å²) in [7, 11) is 1.40. The van der Waals surface area contributed by atoms with Crippen LogP contribution in [0.1, 0.15) is 10.5 Å². The van der Waals surface area contributed by atoms with Crippen molar-refractivity contribution in [3.63, 3.8) is 0 Å². The smallest absolute Gasteiger partial charge is 0.355 e. The molecule has 7 heteroatoms. The molecule has 0 amide bonds. The summed E-state index contributed by atoms with van der Waals surface area (Å²) in [6.45, 7) is 0. The number of ether oxygens (including phenoxy) is 1. The quantitative estimate of drug-likeness (QED) is 0.717. The summed E-state index contributed by atoms with van der Waals surface area (Å²) in [5.41, 5.74) is 0.640. The maximum Gasteiger partial charge on any atom is 0.355 e. The first-order chi connectivity index (χ1) is 10.5. The van der Waals surface area contributed by atoms with Crippen LogP contribution in [0.5, 0.6) is 5.75 Å². The van der Waals surface area contributed by atoms with Crippen LogP contribution in [-0.4, -0.2) is 23.2 Å². The highest BCUT2D eigenvalue weighted by Crippen LogP contribution is 2.41. The van der Waals surface area contributed by atoms with Crippen LogP contribution < -0.4 is 4.74 Å². The molecule has 1 aromatic carbocycles. The Hall–Kier alpha value is -2.18. The summed E-state index contributed by atoms with van der Waals surface area (Å²) >= 11 is 7.39. The van der Waals surface area contributed by atoms with E-state index in [1.807, 2.05) is 0 Å². The fraction of sp³-hybridized carbons (Fsp3) is 0.0667. The van der Waals surface area contributed by atoms with E-state index in [9.17, 15) is 14.3 Å². The number of pyridine rings is 1. The van der Waals surface area contributed by atoms with E-state index in [4.69, 9.17) is 16.3 Å². The summed E-state index contributed by atoms with van der Waals surface area (Å²) in [5, 5.41) is 12.0. The molecule has 0 aliphatic heterocycles. The summed E-state index contributed by atoms with van der Waals surface area (Å²) < 4.78 is 19.2. The molecule has 0 unspecified atom stereocenters. The molecule has 0 aliphatic rings. The van der Waals surface area contributed by atoms with E-state index >= 15 is 0 Å². The Kier molecular flexibility index (Phi) is 3.72. The minimum absolute atomic E-state index is 0.124. The number of fused-ring (bicyclic) bond motifs is 1. The van der Waals surface area contributed by atoms with Gasteiger partial charge in [0.2, 0.25) is 0 Å². The van der Waals surface area contributed by atoms with Gasteiger partial charge in [-0.2, -0.15) is 0 Å². The first-order valence-electron chi connectivity index (χ1n) is 6.17. The van der Waals surface area contributed by atoms with Crippen LogP contribution in [-0.2, 0) is 0 Å². The lowest BCUT2D eigenvalue weighted by atomic mass is 10.0. The molecular weight excluding hydrogens is 329 g/mol. The van der Waals surface area contributed by atoms with Crippen molar-refractivity contribution in [2.45, 2.75) is 0 Å². The third kappa shape index (κ3) is 2.30. The van der Waals surface area contributed by atoms with E-state index in [-0.39, 0.29) is 16.6 Å². The van der Waals surface area contributed by atoms with E-state index in [0.29, 0.717) is 21.2 Å². The van der Waals surface area contributed by atoms with Crippen molar-refractivity contribution in [1.82, 2.24) is 4.98 Å². The number of thiophene rings is 1. The van der Waals surface area contributed by atoms with Crippen molar-refractivity contribution in [3.05, 3.63) is 46.3 Å². The van der Waals surface area contributed by atoms with Crippen LogP contribution in [0.2, 0.25) is 5.15 Å². The van der Waals surface area contributed by atoms with E-state index in [0.717, 1.165) is 0 Å². The lowest BCUT2D eigenvalue weighted by Crippen LogP contribution is -2.04. The van der Waals surface area contributed by atoms with Crippen molar-refractivity contribution in [1.29, 1.82) is 0 Å². The topological polar surface area (TPSA) is 59.4 Å². The number of hydrogen-bond acceptors (Lipinski definition) is 4. The second kappa shape index (κ2) is 5.55. The molecule has 0 saturated heterocycles. The molecule has 0 atom stereocenters. The van der Waals surface area contributed by atoms with Gasteiger partial charge in [-0.1, -0.05) is 11.6 Å². The summed E-state index contributed by atoms with van der Waals surface area (Å²) in [6.07, 6.45) is 0. The average Bonchev–Trinajstić information content (AvgIpc) is 2.97. The molecule has 22 heavy (non-hydrogen) atoms. The Morgan fingerprint density at radius 2 is 2.18 bits per heavy atom. The van der Waals surface area contributed by atoms with E-state index in [1.165, 1.54) is 36.6 Å². The largest absolute Gasteiger partial charge is 0.496 e. The second-order valence-electron chi connectivity index (χ2n) is 4.44. The molecule has 0 saturated carbocycles. The number of carboxylic acid groups (broad SMARTS) is 1. The Morgan fingerprint density at radius 3 is 2.86 bits per heavy atom. The Morgan fingerprint density at radius 1 is 1.41 bits per heavy atom. The van der Waals surface area contributed by atoms with Gasteiger partial charge < -0.3 is 9.84 Å². The molecule has 0 aliphatic carbocycles. The molecule has 3 rings (SSSR count). The lowest BCUT2D eigenvalue weighted by molar-refractivity contribution is 0.0691. The standard InChI is InChI=1S/C15H9ClFNO3S/c1-21-10-6-7(17)2-3-8(10)11-12(15(19)20)18-14(16)9-4-5-22-13(9)11/h2-6H,1H3,(H,19,20). The summed E-state index contributed by atoms with van der Waals surface area (Å²) in [4.78, 5) is 15.5. The van der Waals surface area contributed by atoms with Gasteiger partial charge in [0.1, 0.15) is 16.7 Å². The highest BCUT2D eigenvalue weighted by Gasteiger charge is 2.23. The molecule has 112 valence electrons. The molecular formula is C15H9ClFNO3S. The third-order valence-electron chi connectivity index (χ3n) is 3.20. The van der Waals surface area contributed by atoms with Crippen molar-refractivity contribution in [3.8, 4) is 16.9 Å². The van der Waals surface area contributed by atoms with Crippen LogP contribution in [0.4, 0.5) is 4.39 Å². The number of benzene rings is 1. The van der Waals surface area contributed by atoms with Gasteiger partial charge >= 0.3 is 5.97 Å². The van der Waals surface area contributed by atoms with Crippen molar-refractivity contribution >= 4 is 39.0 Å². The SMILES string of the molecule is COc1cc(F)ccc1-c1c(C(=O)O)nc(Cl)c2ccsc12. The number of carboxylic acids is 1. The Bertz CT molecular complexity index is 894. The maximum atomic E-state index is 13.4. The van der Waals surface area contributed by atoms with Gasteiger partial charge in [0, 0.05) is 27.3 Å². The fourth-order valence-electron chi connectivity index (χ4n) is 2.26. The van der Waals surface area contributed by atoms with Crippen molar-refractivity contribution in [2.75, 3.05) is 7.11 Å². The fourth-order valence-corrected chi connectivity index (χ4v) is 3.52. The Labute approximate surface area is 133 Å². The predicted molar refractivity (Wildman–Crippen MR) is 83.5 cm³/mol. The second-order valence-corrected chi connectivity index (χ2v) is 5.71. The number of methoxy groups -OCH3 is 1.